The smallest absolute Gasteiger partial charge is 0.318 e. The van der Waals surface area contributed by atoms with Crippen LogP contribution in [-0.2, 0) is 33.4 Å². The van der Waals surface area contributed by atoms with E-state index in [9.17, 15) is 19.2 Å². The Morgan fingerprint density at radius 3 is 2.00 bits per heavy atom. The molecule has 8 fully saturated rings. The van der Waals surface area contributed by atoms with Gasteiger partial charge in [0.2, 0.25) is 0 Å². The van der Waals surface area contributed by atoms with Crippen LogP contribution in [0.3, 0.4) is 0 Å². The maximum atomic E-state index is 14.9. The van der Waals surface area contributed by atoms with E-state index in [0.717, 1.165) is 49.9 Å². The van der Waals surface area contributed by atoms with Crippen LogP contribution in [-0.4, -0.2) is 36.1 Å². The van der Waals surface area contributed by atoms with Gasteiger partial charge in [-0.15, -0.1) is 0 Å². The topological polar surface area (TPSA) is 96.0 Å². The summed E-state index contributed by atoms with van der Waals surface area (Å²) in [6, 6.07) is 0. The fourth-order valence-corrected chi connectivity index (χ4v) is 13.7. The van der Waals surface area contributed by atoms with Gasteiger partial charge < -0.3 is 14.2 Å². The molecule has 8 rings (SSSR count). The lowest BCUT2D eigenvalue weighted by Gasteiger charge is -2.62. The van der Waals surface area contributed by atoms with E-state index >= 15 is 0 Å². The first-order chi connectivity index (χ1) is 21.0. The molecule has 2 heterocycles. The number of ether oxygens (including phenoxy) is 3. The number of hydrogen-bond donors (Lipinski definition) is 0. The summed E-state index contributed by atoms with van der Waals surface area (Å²) in [5, 5.41) is 0. The van der Waals surface area contributed by atoms with Crippen LogP contribution in [0, 0.1) is 87.3 Å². The fourth-order valence-electron chi connectivity index (χ4n) is 13.7. The monoisotopic (exact) mass is 624 g/mol. The van der Waals surface area contributed by atoms with E-state index in [0.29, 0.717) is 36.7 Å². The molecule has 45 heavy (non-hydrogen) atoms. The van der Waals surface area contributed by atoms with Gasteiger partial charge in [0, 0.05) is 11.3 Å². The van der Waals surface area contributed by atoms with Crippen molar-refractivity contribution >= 4 is 23.9 Å². The molecule has 0 aromatic rings. The Labute approximate surface area is 269 Å². The molecule has 250 valence electrons. The van der Waals surface area contributed by atoms with Crippen molar-refractivity contribution in [1.82, 2.24) is 0 Å². The highest BCUT2D eigenvalue weighted by atomic mass is 16.6. The van der Waals surface area contributed by atoms with Gasteiger partial charge in [-0.2, -0.15) is 0 Å². The molecule has 0 aromatic heterocycles. The number of cyclic esters (lactones) is 3. The van der Waals surface area contributed by atoms with Crippen molar-refractivity contribution in [3.63, 3.8) is 0 Å². The summed E-state index contributed by atoms with van der Waals surface area (Å²) in [6.45, 7) is 17.4. The molecule has 7 heteroatoms. The summed E-state index contributed by atoms with van der Waals surface area (Å²) in [7, 11) is 0. The average molecular weight is 625 g/mol. The molecular weight excluding hydrogens is 568 g/mol. The Kier molecular flexibility index (Phi) is 7.24. The third kappa shape index (κ3) is 4.54. The van der Waals surface area contributed by atoms with Crippen LogP contribution in [0.4, 0.5) is 0 Å². The predicted octanol–water partition coefficient (Wildman–Crippen LogP) is 7.00. The van der Waals surface area contributed by atoms with Crippen molar-refractivity contribution in [2.75, 3.05) is 6.61 Å². The largest absolute Gasteiger partial charge is 0.465 e. The van der Waals surface area contributed by atoms with Crippen LogP contribution < -0.4 is 0 Å². The van der Waals surface area contributed by atoms with Gasteiger partial charge in [-0.3, -0.25) is 19.2 Å². The molecule has 2 saturated heterocycles. The van der Waals surface area contributed by atoms with Gasteiger partial charge in [0.25, 0.3) is 0 Å². The zero-order chi connectivity index (χ0) is 32.4. The first-order valence-corrected chi connectivity index (χ1v) is 18.2. The Hall–Kier alpha value is -1.92. The zero-order valence-electron chi connectivity index (χ0n) is 28.9. The number of carbonyl (C=O) groups excluding carboxylic acids is 4. The fraction of sp³-hybridized carbons (Fsp3) is 0.895. The van der Waals surface area contributed by atoms with Crippen LogP contribution in [0.25, 0.3) is 0 Å². The maximum absolute atomic E-state index is 14.9. The molecule has 0 N–H and O–H groups in total. The molecule has 0 spiro atoms. The summed E-state index contributed by atoms with van der Waals surface area (Å²) >= 11 is 0. The van der Waals surface area contributed by atoms with Crippen LogP contribution in [0.15, 0.2) is 0 Å². The van der Waals surface area contributed by atoms with E-state index in [1.54, 1.807) is 6.92 Å². The van der Waals surface area contributed by atoms with E-state index in [-0.39, 0.29) is 34.6 Å². The van der Waals surface area contributed by atoms with Crippen molar-refractivity contribution < 1.29 is 33.4 Å². The second-order valence-corrected chi connectivity index (χ2v) is 18.5. The zero-order valence-corrected chi connectivity index (χ0v) is 28.9. The number of hydrogen-bond acceptors (Lipinski definition) is 7. The van der Waals surface area contributed by atoms with Crippen molar-refractivity contribution in [1.29, 1.82) is 0 Å². The number of rotatable bonds is 9. The van der Waals surface area contributed by atoms with Crippen molar-refractivity contribution in [2.24, 2.45) is 87.3 Å². The number of fused-ring (bicyclic) bond motifs is 5. The Morgan fingerprint density at radius 2 is 1.47 bits per heavy atom. The van der Waals surface area contributed by atoms with E-state index < -0.39 is 40.7 Å². The van der Waals surface area contributed by atoms with E-state index in [2.05, 4.69) is 34.6 Å². The Bertz CT molecular complexity index is 1250. The molecule has 0 radical (unpaired) electrons. The SMILES string of the molecule is CCC(C)(OC(=O)C(CC(C)(C)C1C(C)C2CC1C1COC(=O)C21)C(C)(C)C1C(=O)OC(=O)C1C)C12CC3CC(CC(C3)C1)C2. The minimum Gasteiger partial charge on any atom is -0.465 e. The van der Waals surface area contributed by atoms with Crippen molar-refractivity contribution in [3.05, 3.63) is 0 Å². The van der Waals surface area contributed by atoms with E-state index in [1.807, 2.05) is 13.8 Å². The molecule has 8 aliphatic rings. The van der Waals surface area contributed by atoms with Gasteiger partial charge in [-0.05, 0) is 117 Å². The third-order valence-electron chi connectivity index (χ3n) is 15.5. The molecule has 0 amide bonds. The third-order valence-corrected chi connectivity index (χ3v) is 15.5. The first kappa shape index (κ1) is 31.7. The predicted molar refractivity (Wildman–Crippen MR) is 167 cm³/mol. The van der Waals surface area contributed by atoms with Crippen LogP contribution in [0.2, 0.25) is 0 Å². The molecule has 6 aliphatic carbocycles. The lowest BCUT2D eigenvalue weighted by molar-refractivity contribution is -0.214. The molecule has 0 aromatic carbocycles. The average Bonchev–Trinajstić information content (AvgIpc) is 3.67. The van der Waals surface area contributed by atoms with Crippen LogP contribution >= 0.6 is 0 Å². The van der Waals surface area contributed by atoms with Gasteiger partial charge in [-0.25, -0.2) is 0 Å². The van der Waals surface area contributed by atoms with E-state index in [1.165, 1.54) is 19.3 Å². The summed E-state index contributed by atoms with van der Waals surface area (Å²) in [5.41, 5.74) is -1.70. The second-order valence-electron chi connectivity index (χ2n) is 18.5. The lowest BCUT2D eigenvalue weighted by atomic mass is 9.45. The highest BCUT2D eigenvalue weighted by Gasteiger charge is 2.66. The highest BCUT2D eigenvalue weighted by molar-refractivity contribution is 5.97. The standard InChI is InChI=1S/C38H56O7/c1-9-37(8,38-14-21-10-22(15-38)12-23(11-21)16-38)45-32(40)27(36(6,7)30-20(3)31(39)44-34(30)42)17-35(4,5)29-19(2)24-13-25(29)26-18-43-33(41)28(24)26/h19-30H,9-18H2,1-8H3. The van der Waals surface area contributed by atoms with Crippen LogP contribution in [0.1, 0.15) is 113 Å². The van der Waals surface area contributed by atoms with Gasteiger partial charge in [0.15, 0.2) is 0 Å². The molecule has 6 saturated carbocycles. The quantitative estimate of drug-likeness (QED) is 0.155. The molecule has 2 aliphatic heterocycles. The minimum atomic E-state index is -0.858. The van der Waals surface area contributed by atoms with Gasteiger partial charge >= 0.3 is 23.9 Å². The lowest BCUT2D eigenvalue weighted by Crippen LogP contribution is -2.59. The molecule has 7 nitrogen and oxygen atoms in total. The van der Waals surface area contributed by atoms with Crippen molar-refractivity contribution in [3.8, 4) is 0 Å². The Balaban J connectivity index is 1.21. The minimum absolute atomic E-state index is 0.00899. The van der Waals surface area contributed by atoms with Gasteiger partial charge in [-0.1, -0.05) is 48.5 Å². The summed E-state index contributed by atoms with van der Waals surface area (Å²) < 4.78 is 17.6. The van der Waals surface area contributed by atoms with E-state index in [4.69, 9.17) is 14.2 Å². The number of esters is 4. The van der Waals surface area contributed by atoms with Gasteiger partial charge in [0.1, 0.15) is 5.60 Å². The molecule has 10 atom stereocenters. The summed E-state index contributed by atoms with van der Waals surface area (Å²) in [5.74, 6) is 0.627. The second kappa shape index (κ2) is 10.3. The Morgan fingerprint density at radius 1 is 0.867 bits per heavy atom. The normalized spacial score (nSPS) is 45.3. The summed E-state index contributed by atoms with van der Waals surface area (Å²) in [6.07, 6.45) is 9.76. The maximum Gasteiger partial charge on any atom is 0.318 e. The number of carbonyl (C=O) groups is 4. The van der Waals surface area contributed by atoms with Crippen molar-refractivity contribution in [2.45, 2.75) is 119 Å². The molecule has 10 unspecified atom stereocenters. The highest BCUT2D eigenvalue weighted by Crippen LogP contribution is 2.67. The molecule has 6 bridgehead atoms. The molecular formula is C38H56O7. The van der Waals surface area contributed by atoms with Gasteiger partial charge in [0.05, 0.1) is 30.3 Å². The summed E-state index contributed by atoms with van der Waals surface area (Å²) in [4.78, 5) is 53.4. The first-order valence-electron chi connectivity index (χ1n) is 18.2. The van der Waals surface area contributed by atoms with Crippen LogP contribution in [0.5, 0.6) is 0 Å².